The third kappa shape index (κ3) is 3.61. The number of carbonyl (C=O) groups excluding carboxylic acids is 2. The summed E-state index contributed by atoms with van der Waals surface area (Å²) in [6.07, 6.45) is 1.55. The monoisotopic (exact) mass is 273 g/mol. The van der Waals surface area contributed by atoms with Crippen molar-refractivity contribution in [3.8, 4) is 0 Å². The van der Waals surface area contributed by atoms with Crippen LogP contribution >= 0.6 is 0 Å². The smallest absolute Gasteiger partial charge is 0.319 e. The van der Waals surface area contributed by atoms with Gasteiger partial charge >= 0.3 is 6.03 Å². The Morgan fingerprint density at radius 3 is 2.50 bits per heavy atom. The largest absolute Gasteiger partial charge is 0.467 e. The Morgan fingerprint density at radius 2 is 1.90 bits per heavy atom. The van der Waals surface area contributed by atoms with Crippen LogP contribution < -0.4 is 16.0 Å². The Kier molecular flexibility index (Phi) is 4.39. The molecule has 3 amide bonds. The zero-order chi connectivity index (χ0) is 14.4. The van der Waals surface area contributed by atoms with Crippen LogP contribution in [0.15, 0.2) is 47.1 Å². The summed E-state index contributed by atoms with van der Waals surface area (Å²) >= 11 is 0. The van der Waals surface area contributed by atoms with Crippen molar-refractivity contribution in [2.45, 2.75) is 6.54 Å². The molecule has 1 heterocycles. The van der Waals surface area contributed by atoms with Gasteiger partial charge in [0.15, 0.2) is 0 Å². The van der Waals surface area contributed by atoms with Gasteiger partial charge in [-0.15, -0.1) is 0 Å². The number of hydrogen-bond acceptors (Lipinski definition) is 3. The summed E-state index contributed by atoms with van der Waals surface area (Å²) in [5.74, 6) is 0.508. The molecule has 0 bridgehead atoms. The Morgan fingerprint density at radius 1 is 1.15 bits per heavy atom. The third-order valence-electron chi connectivity index (χ3n) is 2.64. The minimum Gasteiger partial charge on any atom is -0.467 e. The van der Waals surface area contributed by atoms with E-state index in [2.05, 4.69) is 16.0 Å². The molecule has 0 fully saturated rings. The van der Waals surface area contributed by atoms with Gasteiger partial charge in [-0.25, -0.2) is 4.79 Å². The summed E-state index contributed by atoms with van der Waals surface area (Å²) in [4.78, 5) is 23.0. The van der Waals surface area contributed by atoms with E-state index in [1.807, 2.05) is 0 Å². The highest BCUT2D eigenvalue weighted by Gasteiger charge is 2.05. The summed E-state index contributed by atoms with van der Waals surface area (Å²) in [5, 5.41) is 7.85. The van der Waals surface area contributed by atoms with Crippen molar-refractivity contribution in [3.63, 3.8) is 0 Å². The first-order valence-corrected chi connectivity index (χ1v) is 6.08. The molecule has 0 atom stereocenters. The molecule has 1 aromatic heterocycles. The summed E-state index contributed by atoms with van der Waals surface area (Å²) in [5.41, 5.74) is 1.14. The molecule has 0 spiro atoms. The van der Waals surface area contributed by atoms with E-state index in [4.69, 9.17) is 4.42 Å². The molecule has 6 heteroatoms. The van der Waals surface area contributed by atoms with E-state index in [-0.39, 0.29) is 11.9 Å². The molecule has 0 unspecified atom stereocenters. The Balaban J connectivity index is 1.86. The second kappa shape index (κ2) is 6.42. The number of benzene rings is 1. The zero-order valence-corrected chi connectivity index (χ0v) is 11.0. The van der Waals surface area contributed by atoms with Crippen molar-refractivity contribution >= 4 is 17.6 Å². The van der Waals surface area contributed by atoms with E-state index in [1.54, 1.807) is 49.7 Å². The summed E-state index contributed by atoms with van der Waals surface area (Å²) < 4.78 is 5.10. The molecule has 0 saturated heterocycles. The maximum absolute atomic E-state index is 11.6. The van der Waals surface area contributed by atoms with Gasteiger partial charge in [0.2, 0.25) is 0 Å². The van der Waals surface area contributed by atoms with Crippen LogP contribution in [-0.4, -0.2) is 19.0 Å². The van der Waals surface area contributed by atoms with Crippen LogP contribution in [0.2, 0.25) is 0 Å². The number of anilines is 1. The lowest BCUT2D eigenvalue weighted by Crippen LogP contribution is -2.28. The molecule has 20 heavy (non-hydrogen) atoms. The molecule has 0 radical (unpaired) electrons. The summed E-state index contributed by atoms with van der Waals surface area (Å²) in [7, 11) is 1.57. The van der Waals surface area contributed by atoms with Crippen molar-refractivity contribution in [2.24, 2.45) is 0 Å². The Bertz CT molecular complexity index is 576. The highest BCUT2D eigenvalue weighted by molar-refractivity contribution is 5.95. The molecule has 0 aliphatic rings. The minimum absolute atomic E-state index is 0.168. The molecular formula is C14H15N3O3. The van der Waals surface area contributed by atoms with Crippen molar-refractivity contribution in [1.29, 1.82) is 0 Å². The number of hydrogen-bond donors (Lipinski definition) is 3. The lowest BCUT2D eigenvalue weighted by molar-refractivity contribution is 0.0963. The molecule has 0 saturated carbocycles. The standard InChI is InChI=1S/C14H15N3O3/c1-15-13(18)10-4-6-11(7-5-10)17-14(19)16-9-12-3-2-8-20-12/h2-8H,9H2,1H3,(H,15,18)(H2,16,17,19). The van der Waals surface area contributed by atoms with Crippen LogP contribution in [0, 0.1) is 0 Å². The van der Waals surface area contributed by atoms with Crippen LogP contribution in [0.1, 0.15) is 16.1 Å². The topological polar surface area (TPSA) is 83.4 Å². The van der Waals surface area contributed by atoms with Gasteiger partial charge in [0.25, 0.3) is 5.91 Å². The van der Waals surface area contributed by atoms with E-state index >= 15 is 0 Å². The van der Waals surface area contributed by atoms with E-state index in [0.717, 1.165) is 0 Å². The Labute approximate surface area is 116 Å². The van der Waals surface area contributed by atoms with Crippen molar-refractivity contribution < 1.29 is 14.0 Å². The van der Waals surface area contributed by atoms with E-state index in [9.17, 15) is 9.59 Å². The molecule has 2 rings (SSSR count). The normalized spacial score (nSPS) is 9.85. The maximum Gasteiger partial charge on any atom is 0.319 e. The first-order valence-electron chi connectivity index (χ1n) is 6.08. The van der Waals surface area contributed by atoms with E-state index in [1.165, 1.54) is 0 Å². The van der Waals surface area contributed by atoms with Gasteiger partial charge < -0.3 is 20.4 Å². The van der Waals surface area contributed by atoms with Crippen LogP contribution in [0.25, 0.3) is 0 Å². The van der Waals surface area contributed by atoms with Gasteiger partial charge in [0, 0.05) is 18.3 Å². The van der Waals surface area contributed by atoms with Crippen LogP contribution in [-0.2, 0) is 6.54 Å². The fourth-order valence-corrected chi connectivity index (χ4v) is 1.61. The molecule has 104 valence electrons. The van der Waals surface area contributed by atoms with Crippen molar-refractivity contribution in [2.75, 3.05) is 12.4 Å². The van der Waals surface area contributed by atoms with Gasteiger partial charge in [0.1, 0.15) is 5.76 Å². The van der Waals surface area contributed by atoms with E-state index < -0.39 is 0 Å². The predicted octanol–water partition coefficient (Wildman–Crippen LogP) is 1.96. The molecular weight excluding hydrogens is 258 g/mol. The Hall–Kier alpha value is -2.76. The molecule has 6 nitrogen and oxygen atoms in total. The highest BCUT2D eigenvalue weighted by atomic mass is 16.3. The molecule has 0 aliphatic carbocycles. The number of furan rings is 1. The first-order chi connectivity index (χ1) is 9.69. The maximum atomic E-state index is 11.6. The van der Waals surface area contributed by atoms with Gasteiger partial charge in [0.05, 0.1) is 12.8 Å². The number of rotatable bonds is 4. The summed E-state index contributed by atoms with van der Waals surface area (Å²) in [6.45, 7) is 0.315. The molecule has 2 aromatic rings. The van der Waals surface area contributed by atoms with Gasteiger partial charge in [-0.1, -0.05) is 0 Å². The third-order valence-corrected chi connectivity index (χ3v) is 2.64. The van der Waals surface area contributed by atoms with Crippen molar-refractivity contribution in [3.05, 3.63) is 54.0 Å². The van der Waals surface area contributed by atoms with Gasteiger partial charge in [-0.05, 0) is 36.4 Å². The molecule has 1 aromatic carbocycles. The lowest BCUT2D eigenvalue weighted by atomic mass is 10.2. The first kappa shape index (κ1) is 13.7. The number of nitrogens with one attached hydrogen (secondary N) is 3. The van der Waals surface area contributed by atoms with Crippen LogP contribution in [0.4, 0.5) is 10.5 Å². The summed E-state index contributed by atoms with van der Waals surface area (Å²) in [6, 6.07) is 9.80. The minimum atomic E-state index is -0.339. The van der Waals surface area contributed by atoms with Crippen LogP contribution in [0.5, 0.6) is 0 Å². The second-order valence-electron chi connectivity index (χ2n) is 4.04. The molecule has 0 aliphatic heterocycles. The fraction of sp³-hybridized carbons (Fsp3) is 0.143. The fourth-order valence-electron chi connectivity index (χ4n) is 1.61. The van der Waals surface area contributed by atoms with Crippen molar-refractivity contribution in [1.82, 2.24) is 10.6 Å². The quantitative estimate of drug-likeness (QED) is 0.796. The molecule has 3 N–H and O–H groups in total. The highest BCUT2D eigenvalue weighted by Crippen LogP contribution is 2.09. The van der Waals surface area contributed by atoms with Crippen LogP contribution in [0.3, 0.4) is 0 Å². The number of urea groups is 1. The predicted molar refractivity (Wildman–Crippen MR) is 74.4 cm³/mol. The van der Waals surface area contributed by atoms with Gasteiger partial charge in [-0.3, -0.25) is 4.79 Å². The van der Waals surface area contributed by atoms with E-state index in [0.29, 0.717) is 23.6 Å². The number of carbonyl (C=O) groups is 2. The van der Waals surface area contributed by atoms with Gasteiger partial charge in [-0.2, -0.15) is 0 Å². The second-order valence-corrected chi connectivity index (χ2v) is 4.04. The average Bonchev–Trinajstić information content (AvgIpc) is 2.98. The SMILES string of the molecule is CNC(=O)c1ccc(NC(=O)NCc2ccco2)cc1. The zero-order valence-electron chi connectivity index (χ0n) is 11.0. The lowest BCUT2D eigenvalue weighted by Gasteiger charge is -2.07. The average molecular weight is 273 g/mol. The number of amides is 3.